The third kappa shape index (κ3) is 7.15. The molecule has 0 saturated heterocycles. The van der Waals surface area contributed by atoms with Crippen LogP contribution >= 0.6 is 0 Å². The summed E-state index contributed by atoms with van der Waals surface area (Å²) in [6.07, 6.45) is 0. The molecule has 8 nitrogen and oxygen atoms in total. The third-order valence-corrected chi connectivity index (χ3v) is 6.23. The van der Waals surface area contributed by atoms with Crippen LogP contribution in [-0.4, -0.2) is 30.6 Å². The number of rotatable bonds is 12. The first kappa shape index (κ1) is 27.2. The van der Waals surface area contributed by atoms with Gasteiger partial charge in [0.1, 0.15) is 18.5 Å². The van der Waals surface area contributed by atoms with Crippen molar-refractivity contribution in [1.82, 2.24) is 5.32 Å². The van der Waals surface area contributed by atoms with E-state index in [1.165, 1.54) is 0 Å². The van der Waals surface area contributed by atoms with Crippen LogP contribution in [0.3, 0.4) is 0 Å². The number of aliphatic hydroxyl groups is 1. The number of hydrogen-bond donors (Lipinski definition) is 5. The Kier molecular flexibility index (Phi) is 9.16. The van der Waals surface area contributed by atoms with Crippen molar-refractivity contribution >= 4 is 17.4 Å². The first-order valence-electron chi connectivity index (χ1n) is 12.5. The number of hydrogen-bond acceptors (Lipinski definition) is 6. The number of carbonyl (C=O) groups is 1. The van der Waals surface area contributed by atoms with E-state index in [4.69, 9.17) is 20.6 Å². The second kappa shape index (κ2) is 13.1. The van der Waals surface area contributed by atoms with Crippen LogP contribution in [0.25, 0.3) is 0 Å². The minimum Gasteiger partial charge on any atom is -0.493 e. The van der Waals surface area contributed by atoms with E-state index in [1.54, 1.807) is 49.6 Å². The lowest BCUT2D eigenvalue weighted by molar-refractivity contribution is -0.123. The molecule has 8 heteroatoms. The molecule has 4 rings (SSSR count). The Morgan fingerprint density at radius 1 is 0.897 bits per heavy atom. The Morgan fingerprint density at radius 3 is 2.18 bits per heavy atom. The highest BCUT2D eigenvalue weighted by Crippen LogP contribution is 2.33. The van der Waals surface area contributed by atoms with E-state index in [0.717, 1.165) is 11.1 Å². The van der Waals surface area contributed by atoms with Gasteiger partial charge in [0.2, 0.25) is 5.91 Å². The molecule has 200 valence electrons. The van der Waals surface area contributed by atoms with Gasteiger partial charge in [-0.15, -0.1) is 0 Å². The van der Waals surface area contributed by atoms with Gasteiger partial charge in [-0.3, -0.25) is 10.2 Å². The molecular formula is C31H32N4O4. The molecule has 1 amide bonds. The van der Waals surface area contributed by atoms with Crippen molar-refractivity contribution in [2.24, 2.45) is 5.73 Å². The van der Waals surface area contributed by atoms with Crippen molar-refractivity contribution in [3.05, 3.63) is 125 Å². The molecule has 4 aromatic carbocycles. The zero-order valence-electron chi connectivity index (χ0n) is 21.6. The SMILES string of the molecule is COc1cc([C@@H](Nc2ccc(C(=N)N)cc2)C(=O)N[C@@H](CO)c2ccccc2)ccc1OCc1ccccc1. The molecule has 0 aliphatic carbocycles. The van der Waals surface area contributed by atoms with Crippen molar-refractivity contribution in [2.45, 2.75) is 18.7 Å². The summed E-state index contributed by atoms with van der Waals surface area (Å²) >= 11 is 0. The summed E-state index contributed by atoms with van der Waals surface area (Å²) in [4.78, 5) is 13.7. The number of nitrogens with two attached hydrogens (primary N) is 1. The van der Waals surface area contributed by atoms with Crippen LogP contribution in [-0.2, 0) is 11.4 Å². The van der Waals surface area contributed by atoms with E-state index < -0.39 is 12.1 Å². The lowest BCUT2D eigenvalue weighted by Gasteiger charge is -2.24. The van der Waals surface area contributed by atoms with Crippen LogP contribution in [0.5, 0.6) is 11.5 Å². The van der Waals surface area contributed by atoms with Crippen LogP contribution < -0.4 is 25.8 Å². The molecule has 0 spiro atoms. The molecule has 0 heterocycles. The molecule has 0 aliphatic heterocycles. The molecule has 0 unspecified atom stereocenters. The first-order valence-corrected chi connectivity index (χ1v) is 12.5. The molecule has 4 aromatic rings. The van der Waals surface area contributed by atoms with Gasteiger partial charge in [-0.1, -0.05) is 66.7 Å². The van der Waals surface area contributed by atoms with Gasteiger partial charge in [-0.2, -0.15) is 0 Å². The molecule has 6 N–H and O–H groups in total. The van der Waals surface area contributed by atoms with Crippen molar-refractivity contribution in [2.75, 3.05) is 19.0 Å². The Hall–Kier alpha value is -4.82. The fraction of sp³-hybridized carbons (Fsp3) is 0.161. The predicted molar refractivity (Wildman–Crippen MR) is 152 cm³/mol. The average Bonchev–Trinajstić information content (AvgIpc) is 2.98. The molecule has 0 fully saturated rings. The van der Waals surface area contributed by atoms with E-state index in [-0.39, 0.29) is 18.3 Å². The van der Waals surface area contributed by atoms with Crippen molar-refractivity contribution in [3.8, 4) is 11.5 Å². The Bertz CT molecular complexity index is 1380. The minimum atomic E-state index is -0.831. The van der Waals surface area contributed by atoms with Gasteiger partial charge in [0.15, 0.2) is 11.5 Å². The maximum absolute atomic E-state index is 13.7. The number of carbonyl (C=O) groups excluding carboxylic acids is 1. The molecule has 2 atom stereocenters. The lowest BCUT2D eigenvalue weighted by Crippen LogP contribution is -2.37. The van der Waals surface area contributed by atoms with Gasteiger partial charge >= 0.3 is 0 Å². The summed E-state index contributed by atoms with van der Waals surface area (Å²) in [6, 6.07) is 30.0. The van der Waals surface area contributed by atoms with Crippen LogP contribution in [0.4, 0.5) is 5.69 Å². The molecule has 0 aliphatic rings. The summed E-state index contributed by atoms with van der Waals surface area (Å²) in [7, 11) is 1.55. The molecule has 0 saturated carbocycles. The minimum absolute atomic E-state index is 0.0414. The zero-order valence-corrected chi connectivity index (χ0v) is 21.6. The fourth-order valence-corrected chi connectivity index (χ4v) is 4.11. The third-order valence-electron chi connectivity index (χ3n) is 6.23. The maximum Gasteiger partial charge on any atom is 0.247 e. The highest BCUT2D eigenvalue weighted by molar-refractivity contribution is 5.95. The monoisotopic (exact) mass is 524 g/mol. The quantitative estimate of drug-likeness (QED) is 0.136. The predicted octanol–water partition coefficient (Wildman–Crippen LogP) is 4.56. The van der Waals surface area contributed by atoms with Gasteiger partial charge in [0, 0.05) is 11.3 Å². The topological polar surface area (TPSA) is 130 Å². The van der Waals surface area contributed by atoms with Gasteiger partial charge in [-0.25, -0.2) is 0 Å². The normalized spacial score (nSPS) is 12.2. The standard InChI is InChI=1S/C31H32N4O4/c1-38-28-18-24(14-17-27(28)39-20-21-8-4-2-5-9-21)29(34-25-15-12-23(13-16-25)30(32)33)31(37)35-26(19-36)22-10-6-3-7-11-22/h2-18,26,29,34,36H,19-20H2,1H3,(H3,32,33)(H,35,37)/t26-,29+/m0/s1. The Balaban J connectivity index is 1.61. The summed E-state index contributed by atoms with van der Waals surface area (Å²) in [6.45, 7) is 0.113. The number of amidine groups is 1. The smallest absolute Gasteiger partial charge is 0.247 e. The number of ether oxygens (including phenoxy) is 2. The van der Waals surface area contributed by atoms with E-state index in [0.29, 0.717) is 34.9 Å². The van der Waals surface area contributed by atoms with Crippen LogP contribution in [0, 0.1) is 5.41 Å². The van der Waals surface area contributed by atoms with Gasteiger partial charge < -0.3 is 30.9 Å². The van der Waals surface area contributed by atoms with E-state index in [9.17, 15) is 9.90 Å². The Morgan fingerprint density at radius 2 is 1.56 bits per heavy atom. The number of nitrogens with one attached hydrogen (secondary N) is 3. The van der Waals surface area contributed by atoms with Crippen LogP contribution in [0.2, 0.25) is 0 Å². The van der Waals surface area contributed by atoms with Crippen LogP contribution in [0.1, 0.15) is 34.3 Å². The summed E-state index contributed by atoms with van der Waals surface area (Å²) in [5.41, 5.74) is 9.27. The average molecular weight is 525 g/mol. The summed E-state index contributed by atoms with van der Waals surface area (Å²) in [5, 5.41) is 23.9. The summed E-state index contributed by atoms with van der Waals surface area (Å²) < 4.78 is 11.6. The zero-order chi connectivity index (χ0) is 27.6. The molecular weight excluding hydrogens is 492 g/mol. The van der Waals surface area contributed by atoms with Crippen LogP contribution in [0.15, 0.2) is 103 Å². The maximum atomic E-state index is 13.7. The fourth-order valence-electron chi connectivity index (χ4n) is 4.11. The molecule has 39 heavy (non-hydrogen) atoms. The molecule has 0 bridgehead atoms. The van der Waals surface area contributed by atoms with Gasteiger partial charge in [0.05, 0.1) is 19.8 Å². The van der Waals surface area contributed by atoms with Crippen molar-refractivity contribution in [1.29, 1.82) is 5.41 Å². The highest BCUT2D eigenvalue weighted by Gasteiger charge is 2.25. The highest BCUT2D eigenvalue weighted by atomic mass is 16.5. The van der Waals surface area contributed by atoms with Crippen molar-refractivity contribution in [3.63, 3.8) is 0 Å². The number of aliphatic hydroxyl groups excluding tert-OH is 1. The molecule has 0 aromatic heterocycles. The largest absolute Gasteiger partial charge is 0.493 e. The molecule has 0 radical (unpaired) electrons. The number of nitrogen functional groups attached to an aromatic ring is 1. The number of anilines is 1. The van der Waals surface area contributed by atoms with Gasteiger partial charge in [-0.05, 0) is 53.1 Å². The number of methoxy groups -OCH3 is 1. The number of amides is 1. The second-order valence-corrected chi connectivity index (χ2v) is 8.91. The summed E-state index contributed by atoms with van der Waals surface area (Å²) in [5.74, 6) is 0.651. The Labute approximate surface area is 227 Å². The lowest BCUT2D eigenvalue weighted by atomic mass is 10.0. The van der Waals surface area contributed by atoms with E-state index >= 15 is 0 Å². The van der Waals surface area contributed by atoms with E-state index in [2.05, 4.69) is 10.6 Å². The number of benzene rings is 4. The van der Waals surface area contributed by atoms with Gasteiger partial charge in [0.25, 0.3) is 0 Å². The van der Waals surface area contributed by atoms with Crippen molar-refractivity contribution < 1.29 is 19.4 Å². The van der Waals surface area contributed by atoms with E-state index in [1.807, 2.05) is 60.7 Å². The second-order valence-electron chi connectivity index (χ2n) is 8.91. The first-order chi connectivity index (χ1) is 19.0.